The second-order valence-electron chi connectivity index (χ2n) is 8.83. The van der Waals surface area contributed by atoms with Crippen molar-refractivity contribution in [2.45, 2.75) is 19.4 Å². The van der Waals surface area contributed by atoms with E-state index in [4.69, 9.17) is 4.74 Å². The van der Waals surface area contributed by atoms with Crippen molar-refractivity contribution in [1.29, 1.82) is 0 Å². The van der Waals surface area contributed by atoms with Crippen LogP contribution in [0, 0.1) is 18.8 Å². The molecule has 1 aromatic heterocycles. The Bertz CT molecular complexity index is 1070. The lowest BCUT2D eigenvalue weighted by molar-refractivity contribution is -0.129. The highest BCUT2D eigenvalue weighted by atomic mass is 16.5. The Morgan fingerprint density at radius 1 is 1.10 bits per heavy atom. The van der Waals surface area contributed by atoms with Gasteiger partial charge in [-0.25, -0.2) is 0 Å². The number of fused-ring (bicyclic) bond motifs is 2. The fourth-order valence-electron chi connectivity index (χ4n) is 5.59. The third-order valence-electron chi connectivity index (χ3n) is 7.06. The van der Waals surface area contributed by atoms with Gasteiger partial charge in [-0.1, -0.05) is 30.3 Å². The van der Waals surface area contributed by atoms with Gasteiger partial charge in [0.2, 0.25) is 5.91 Å². The van der Waals surface area contributed by atoms with E-state index in [1.807, 2.05) is 24.3 Å². The smallest absolute Gasteiger partial charge is 0.227 e. The van der Waals surface area contributed by atoms with Crippen LogP contribution in [0.2, 0.25) is 0 Å². The molecular formula is C25H29N3O2. The topological polar surface area (TPSA) is 48.6 Å². The number of amides is 1. The molecule has 0 bridgehead atoms. The lowest BCUT2D eigenvalue weighted by atomic mass is 9.89. The lowest BCUT2D eigenvalue weighted by Gasteiger charge is -2.27. The summed E-state index contributed by atoms with van der Waals surface area (Å²) in [5, 5.41) is 1.17. The summed E-state index contributed by atoms with van der Waals surface area (Å²) in [5.74, 6) is 2.15. The standard InChI is InChI=1S/C25H29N3O2/c1-16-21(20-6-4-5-7-23(20)26-16)12-24(29)28-14-18-13-27(2)25(22(18)15-28)17-8-10-19(30-3)11-9-17/h4-11,18,22,25-26H,12-15H2,1-3H3/t18-,22+,25-/m0/s1. The number of rotatable bonds is 4. The van der Waals surface area contributed by atoms with Gasteiger partial charge in [0.15, 0.2) is 0 Å². The Morgan fingerprint density at radius 3 is 2.63 bits per heavy atom. The first-order valence-corrected chi connectivity index (χ1v) is 10.7. The minimum absolute atomic E-state index is 0.244. The maximum atomic E-state index is 13.2. The molecule has 3 atom stereocenters. The SMILES string of the molecule is COc1ccc([C@H]2[C@@H]3CN(C(=O)Cc4c(C)[nH]c5ccccc45)C[C@@H]3CN2C)cc1. The zero-order chi connectivity index (χ0) is 20.8. The van der Waals surface area contributed by atoms with Crippen LogP contribution >= 0.6 is 0 Å². The summed E-state index contributed by atoms with van der Waals surface area (Å²) in [7, 11) is 3.90. The molecule has 5 rings (SSSR count). The molecule has 5 nitrogen and oxygen atoms in total. The number of benzene rings is 2. The normalized spacial score (nSPS) is 23.8. The second-order valence-corrected chi connectivity index (χ2v) is 8.83. The summed E-state index contributed by atoms with van der Waals surface area (Å²) in [6, 6.07) is 17.0. The van der Waals surface area contributed by atoms with Gasteiger partial charge in [0.1, 0.15) is 5.75 Å². The summed E-state index contributed by atoms with van der Waals surface area (Å²) in [4.78, 5) is 21.2. The van der Waals surface area contributed by atoms with Gasteiger partial charge in [-0.2, -0.15) is 0 Å². The summed E-state index contributed by atoms with van der Waals surface area (Å²) < 4.78 is 5.31. The van der Waals surface area contributed by atoms with Crippen molar-refractivity contribution in [1.82, 2.24) is 14.8 Å². The number of H-pyrrole nitrogens is 1. The molecule has 156 valence electrons. The van der Waals surface area contributed by atoms with Gasteiger partial charge in [-0.05, 0) is 49.2 Å². The zero-order valence-electron chi connectivity index (χ0n) is 17.9. The number of likely N-dealkylation sites (tertiary alicyclic amines) is 2. The predicted octanol–water partition coefficient (Wildman–Crippen LogP) is 3.79. The van der Waals surface area contributed by atoms with Crippen molar-refractivity contribution >= 4 is 16.8 Å². The number of hydrogen-bond donors (Lipinski definition) is 1. The number of ether oxygens (including phenoxy) is 1. The summed E-state index contributed by atoms with van der Waals surface area (Å²) in [6.07, 6.45) is 0.471. The number of para-hydroxylation sites is 1. The molecule has 5 heteroatoms. The van der Waals surface area contributed by atoms with Crippen molar-refractivity contribution in [3.63, 3.8) is 0 Å². The van der Waals surface area contributed by atoms with E-state index in [1.54, 1.807) is 7.11 Å². The van der Waals surface area contributed by atoms with Crippen LogP contribution in [0.15, 0.2) is 48.5 Å². The summed E-state index contributed by atoms with van der Waals surface area (Å²) in [6.45, 7) is 4.81. The van der Waals surface area contributed by atoms with Crippen LogP contribution in [0.3, 0.4) is 0 Å². The van der Waals surface area contributed by atoms with Gasteiger partial charge in [-0.15, -0.1) is 0 Å². The number of nitrogens with zero attached hydrogens (tertiary/aromatic N) is 2. The van der Waals surface area contributed by atoms with Crippen LogP contribution in [-0.4, -0.2) is 54.5 Å². The van der Waals surface area contributed by atoms with E-state index in [0.717, 1.165) is 42.2 Å². The number of aryl methyl sites for hydroxylation is 1. The van der Waals surface area contributed by atoms with Crippen molar-refractivity contribution in [3.05, 3.63) is 65.4 Å². The van der Waals surface area contributed by atoms with Gasteiger partial charge in [0, 0.05) is 48.2 Å². The summed E-state index contributed by atoms with van der Waals surface area (Å²) >= 11 is 0. The van der Waals surface area contributed by atoms with E-state index >= 15 is 0 Å². The molecule has 0 radical (unpaired) electrons. The molecule has 1 amide bonds. The van der Waals surface area contributed by atoms with E-state index in [2.05, 4.69) is 53.0 Å². The van der Waals surface area contributed by atoms with Gasteiger partial charge in [-0.3, -0.25) is 9.69 Å². The number of aromatic amines is 1. The van der Waals surface area contributed by atoms with E-state index < -0.39 is 0 Å². The van der Waals surface area contributed by atoms with Crippen molar-refractivity contribution in [3.8, 4) is 5.75 Å². The minimum atomic E-state index is 0.244. The first kappa shape index (κ1) is 19.2. The molecule has 0 unspecified atom stereocenters. The van der Waals surface area contributed by atoms with Crippen LogP contribution < -0.4 is 4.74 Å². The number of carbonyl (C=O) groups is 1. The Hall–Kier alpha value is -2.79. The largest absolute Gasteiger partial charge is 0.497 e. The Morgan fingerprint density at radius 2 is 1.87 bits per heavy atom. The molecule has 2 fully saturated rings. The highest BCUT2D eigenvalue weighted by Crippen LogP contribution is 2.44. The molecule has 30 heavy (non-hydrogen) atoms. The third-order valence-corrected chi connectivity index (χ3v) is 7.06. The van der Waals surface area contributed by atoms with Crippen molar-refractivity contribution in [2.24, 2.45) is 11.8 Å². The molecule has 2 saturated heterocycles. The Kier molecular flexibility index (Phi) is 4.78. The first-order valence-electron chi connectivity index (χ1n) is 10.7. The molecule has 0 spiro atoms. The zero-order valence-corrected chi connectivity index (χ0v) is 17.9. The van der Waals surface area contributed by atoms with E-state index in [9.17, 15) is 4.79 Å². The fourth-order valence-corrected chi connectivity index (χ4v) is 5.59. The van der Waals surface area contributed by atoms with Gasteiger partial charge in [0.25, 0.3) is 0 Å². The molecular weight excluding hydrogens is 374 g/mol. The maximum Gasteiger partial charge on any atom is 0.227 e. The maximum absolute atomic E-state index is 13.2. The molecule has 0 aliphatic carbocycles. The number of carbonyl (C=O) groups excluding carboxylic acids is 1. The van der Waals surface area contributed by atoms with Crippen LogP contribution in [0.5, 0.6) is 5.75 Å². The second kappa shape index (κ2) is 7.47. The highest BCUT2D eigenvalue weighted by Gasteiger charge is 2.47. The summed E-state index contributed by atoms with van der Waals surface area (Å²) in [5.41, 5.74) is 4.65. The third kappa shape index (κ3) is 3.18. The van der Waals surface area contributed by atoms with Crippen LogP contribution in [0.25, 0.3) is 10.9 Å². The average molecular weight is 404 g/mol. The molecule has 2 aliphatic rings. The number of hydrogen-bond acceptors (Lipinski definition) is 3. The number of nitrogens with one attached hydrogen (secondary N) is 1. The quantitative estimate of drug-likeness (QED) is 0.721. The number of methoxy groups -OCH3 is 1. The fraction of sp³-hybridized carbons (Fsp3) is 0.400. The average Bonchev–Trinajstić information content (AvgIpc) is 3.39. The van der Waals surface area contributed by atoms with Crippen molar-refractivity contribution in [2.75, 3.05) is 33.8 Å². The Balaban J connectivity index is 1.33. The lowest BCUT2D eigenvalue weighted by Crippen LogP contribution is -2.34. The van der Waals surface area contributed by atoms with E-state index in [1.165, 1.54) is 10.9 Å². The number of aromatic nitrogens is 1. The molecule has 2 aromatic carbocycles. The molecule has 0 saturated carbocycles. The molecule has 2 aliphatic heterocycles. The minimum Gasteiger partial charge on any atom is -0.497 e. The van der Waals surface area contributed by atoms with Crippen molar-refractivity contribution < 1.29 is 9.53 Å². The highest BCUT2D eigenvalue weighted by molar-refractivity contribution is 5.90. The van der Waals surface area contributed by atoms with E-state index in [0.29, 0.717) is 24.3 Å². The molecule has 1 N–H and O–H groups in total. The molecule has 3 aromatic rings. The van der Waals surface area contributed by atoms with Gasteiger partial charge < -0.3 is 14.6 Å². The predicted molar refractivity (Wildman–Crippen MR) is 119 cm³/mol. The monoisotopic (exact) mass is 403 g/mol. The first-order chi connectivity index (χ1) is 14.5. The van der Waals surface area contributed by atoms with Crippen LogP contribution in [-0.2, 0) is 11.2 Å². The molecule has 3 heterocycles. The van der Waals surface area contributed by atoms with Crippen LogP contribution in [0.4, 0.5) is 0 Å². The Labute approximate surface area is 177 Å². The van der Waals surface area contributed by atoms with Gasteiger partial charge in [0.05, 0.1) is 13.5 Å². The van der Waals surface area contributed by atoms with Crippen LogP contribution in [0.1, 0.15) is 22.9 Å². The van der Waals surface area contributed by atoms with Gasteiger partial charge >= 0.3 is 0 Å². The van der Waals surface area contributed by atoms with E-state index in [-0.39, 0.29) is 5.91 Å².